The van der Waals surface area contributed by atoms with E-state index in [4.69, 9.17) is 9.84 Å². The van der Waals surface area contributed by atoms with E-state index in [0.717, 1.165) is 36.9 Å². The van der Waals surface area contributed by atoms with Gasteiger partial charge >= 0.3 is 11.7 Å². The minimum Gasteiger partial charge on any atom is -0.479 e. The van der Waals surface area contributed by atoms with Crippen LogP contribution in [0.4, 0.5) is 0 Å². The SMILES string of the molecule is C=CC(C)(C/C=C/Cn1cc(CCCc2ccc(OC(C)C(=O)O)cc2)[nH]c1=O)C(C)(C)C.CC. The Labute approximate surface area is 210 Å². The van der Waals surface area contributed by atoms with Gasteiger partial charge in [-0.25, -0.2) is 9.59 Å². The van der Waals surface area contributed by atoms with Gasteiger partial charge in [0.1, 0.15) is 5.75 Å². The predicted octanol–water partition coefficient (Wildman–Crippen LogP) is 6.41. The Morgan fingerprint density at radius 1 is 1.14 bits per heavy atom. The summed E-state index contributed by atoms with van der Waals surface area (Å²) in [5.41, 5.74) is 2.08. The van der Waals surface area contributed by atoms with E-state index in [2.05, 4.69) is 45.3 Å². The van der Waals surface area contributed by atoms with Crippen LogP contribution in [0.1, 0.15) is 72.6 Å². The molecule has 2 unspecified atom stereocenters. The van der Waals surface area contributed by atoms with E-state index in [1.807, 2.05) is 44.3 Å². The zero-order valence-corrected chi connectivity index (χ0v) is 22.6. The lowest BCUT2D eigenvalue weighted by Gasteiger charge is -2.39. The maximum atomic E-state index is 12.3. The topological polar surface area (TPSA) is 84.3 Å². The second kappa shape index (κ2) is 13.8. The van der Waals surface area contributed by atoms with Gasteiger partial charge in [0.2, 0.25) is 0 Å². The van der Waals surface area contributed by atoms with Gasteiger partial charge in [0.25, 0.3) is 0 Å². The van der Waals surface area contributed by atoms with Gasteiger partial charge in [0.05, 0.1) is 0 Å². The summed E-state index contributed by atoms with van der Waals surface area (Å²) < 4.78 is 7.05. The molecule has 35 heavy (non-hydrogen) atoms. The Hall–Kier alpha value is -3.02. The average Bonchev–Trinajstić information content (AvgIpc) is 3.17. The van der Waals surface area contributed by atoms with Gasteiger partial charge < -0.3 is 14.8 Å². The number of carboxylic acid groups (broad SMARTS) is 1. The van der Waals surface area contributed by atoms with Crippen molar-refractivity contribution in [3.05, 3.63) is 77.0 Å². The average molecular weight is 485 g/mol. The number of nitrogens with one attached hydrogen (secondary N) is 1. The number of H-pyrrole nitrogens is 1. The van der Waals surface area contributed by atoms with Crippen molar-refractivity contribution in [1.82, 2.24) is 9.55 Å². The van der Waals surface area contributed by atoms with Gasteiger partial charge in [-0.05, 0) is 61.1 Å². The summed E-state index contributed by atoms with van der Waals surface area (Å²) >= 11 is 0. The summed E-state index contributed by atoms with van der Waals surface area (Å²) in [7, 11) is 0. The highest BCUT2D eigenvalue weighted by atomic mass is 16.5. The lowest BCUT2D eigenvalue weighted by Crippen LogP contribution is -2.30. The summed E-state index contributed by atoms with van der Waals surface area (Å²) in [6.45, 7) is 18.9. The number of rotatable bonds is 12. The van der Waals surface area contributed by atoms with Crippen molar-refractivity contribution < 1.29 is 14.6 Å². The van der Waals surface area contributed by atoms with Crippen LogP contribution in [0.2, 0.25) is 0 Å². The number of carboxylic acids is 1. The number of benzene rings is 1. The Morgan fingerprint density at radius 2 is 1.77 bits per heavy atom. The number of ether oxygens (including phenoxy) is 1. The standard InChI is InChI=1S/C27H38N2O4.C2H6/c1-7-27(6,26(3,4)5)17-8-9-18-29-19-22(28-25(29)32)12-10-11-21-13-15-23(16-14-21)33-20(2)24(30)31;1-2/h7-9,13-16,19-20H,1,10-12,17-18H2,2-6H3,(H,28,32)(H,30,31);1-2H3/b9-8+;. The zero-order valence-electron chi connectivity index (χ0n) is 22.6. The fourth-order valence-electron chi connectivity index (χ4n) is 3.43. The van der Waals surface area contributed by atoms with Gasteiger partial charge in [0.15, 0.2) is 6.10 Å². The quantitative estimate of drug-likeness (QED) is 0.341. The van der Waals surface area contributed by atoms with Crippen LogP contribution < -0.4 is 10.4 Å². The van der Waals surface area contributed by atoms with Crippen molar-refractivity contribution >= 4 is 5.97 Å². The summed E-state index contributed by atoms with van der Waals surface area (Å²) in [5, 5.41) is 8.92. The molecule has 0 fully saturated rings. The molecular formula is C29H44N2O4. The number of nitrogens with zero attached hydrogens (tertiary/aromatic N) is 1. The van der Waals surface area contributed by atoms with Crippen molar-refractivity contribution in [2.75, 3.05) is 0 Å². The first-order chi connectivity index (χ1) is 16.4. The minimum absolute atomic E-state index is 0.00337. The monoisotopic (exact) mass is 484 g/mol. The van der Waals surface area contributed by atoms with Crippen molar-refractivity contribution in [2.24, 2.45) is 10.8 Å². The first kappa shape index (κ1) is 30.0. The highest BCUT2D eigenvalue weighted by molar-refractivity contribution is 5.72. The molecule has 0 aliphatic heterocycles. The molecule has 0 amide bonds. The van der Waals surface area contributed by atoms with Crippen LogP contribution in [-0.4, -0.2) is 26.7 Å². The molecule has 6 nitrogen and oxygen atoms in total. The van der Waals surface area contributed by atoms with Crippen LogP contribution in [0.15, 0.2) is 60.1 Å². The summed E-state index contributed by atoms with van der Waals surface area (Å²) in [6, 6.07) is 7.46. The second-order valence-electron chi connectivity index (χ2n) is 9.88. The molecule has 1 aromatic carbocycles. The molecule has 0 radical (unpaired) electrons. The fraction of sp³-hybridized carbons (Fsp3) is 0.517. The van der Waals surface area contributed by atoms with E-state index in [-0.39, 0.29) is 16.5 Å². The van der Waals surface area contributed by atoms with E-state index in [9.17, 15) is 9.59 Å². The lowest BCUT2D eigenvalue weighted by molar-refractivity contribution is -0.144. The van der Waals surface area contributed by atoms with Crippen LogP contribution in [0.3, 0.4) is 0 Å². The first-order valence-corrected chi connectivity index (χ1v) is 12.5. The van der Waals surface area contributed by atoms with Crippen molar-refractivity contribution in [3.63, 3.8) is 0 Å². The van der Waals surface area contributed by atoms with Crippen molar-refractivity contribution in [1.29, 1.82) is 0 Å². The summed E-state index contributed by atoms with van der Waals surface area (Å²) in [6.07, 6.45) is 10.6. The van der Waals surface area contributed by atoms with Crippen LogP contribution in [0.5, 0.6) is 5.75 Å². The molecule has 0 bridgehead atoms. The van der Waals surface area contributed by atoms with E-state index >= 15 is 0 Å². The van der Waals surface area contributed by atoms with Gasteiger partial charge in [-0.15, -0.1) is 6.58 Å². The molecule has 6 heteroatoms. The predicted molar refractivity (Wildman–Crippen MR) is 144 cm³/mol. The molecule has 2 N–H and O–H groups in total. The molecule has 0 spiro atoms. The zero-order chi connectivity index (χ0) is 26.6. The minimum atomic E-state index is -0.990. The molecule has 194 valence electrons. The van der Waals surface area contributed by atoms with E-state index < -0.39 is 12.1 Å². The molecular weight excluding hydrogens is 440 g/mol. The molecule has 2 rings (SSSR count). The number of hydrogen-bond donors (Lipinski definition) is 2. The van der Waals surface area contributed by atoms with Gasteiger partial charge in [-0.1, -0.05) is 71.9 Å². The first-order valence-electron chi connectivity index (χ1n) is 12.5. The van der Waals surface area contributed by atoms with E-state index in [0.29, 0.717) is 12.3 Å². The van der Waals surface area contributed by atoms with E-state index in [1.54, 1.807) is 16.7 Å². The molecule has 0 aliphatic carbocycles. The normalized spacial score (nSPS) is 14.0. The molecule has 0 aliphatic rings. The Bertz CT molecular complexity index is 1010. The van der Waals surface area contributed by atoms with Crippen molar-refractivity contribution in [2.45, 2.75) is 86.8 Å². The van der Waals surface area contributed by atoms with Crippen molar-refractivity contribution in [3.8, 4) is 5.75 Å². The number of imidazole rings is 1. The smallest absolute Gasteiger partial charge is 0.344 e. The lowest BCUT2D eigenvalue weighted by atomic mass is 9.66. The molecule has 2 atom stereocenters. The Balaban J connectivity index is 0.00000298. The third-order valence-electron chi connectivity index (χ3n) is 6.51. The molecule has 2 aromatic rings. The summed E-state index contributed by atoms with van der Waals surface area (Å²) in [5.74, 6) is -0.449. The molecule has 1 aromatic heterocycles. The Kier molecular flexibility index (Phi) is 11.8. The number of aliphatic carboxylic acids is 1. The number of aromatic nitrogens is 2. The largest absolute Gasteiger partial charge is 0.479 e. The van der Waals surface area contributed by atoms with Gasteiger partial charge in [0, 0.05) is 18.4 Å². The summed E-state index contributed by atoms with van der Waals surface area (Å²) in [4.78, 5) is 26.1. The number of aryl methyl sites for hydroxylation is 2. The van der Waals surface area contributed by atoms with E-state index in [1.165, 1.54) is 6.92 Å². The highest BCUT2D eigenvalue weighted by Crippen LogP contribution is 2.42. The number of aromatic amines is 1. The highest BCUT2D eigenvalue weighted by Gasteiger charge is 2.33. The fourth-order valence-corrected chi connectivity index (χ4v) is 3.43. The second-order valence-corrected chi connectivity index (χ2v) is 9.88. The maximum Gasteiger partial charge on any atom is 0.344 e. The third kappa shape index (κ3) is 9.27. The number of allylic oxidation sites excluding steroid dienone is 3. The molecule has 0 saturated heterocycles. The van der Waals surface area contributed by atoms with Gasteiger partial charge in [-0.2, -0.15) is 0 Å². The molecule has 1 heterocycles. The third-order valence-corrected chi connectivity index (χ3v) is 6.51. The maximum absolute atomic E-state index is 12.3. The number of hydrogen-bond acceptors (Lipinski definition) is 3. The Morgan fingerprint density at radius 3 is 2.31 bits per heavy atom. The van der Waals surface area contributed by atoms with Crippen LogP contribution in [0, 0.1) is 10.8 Å². The van der Waals surface area contributed by atoms with Gasteiger partial charge in [-0.3, -0.25) is 4.57 Å². The van der Waals surface area contributed by atoms with Crippen LogP contribution in [-0.2, 0) is 24.2 Å². The van der Waals surface area contributed by atoms with Crippen LogP contribution >= 0.6 is 0 Å². The number of carbonyl (C=O) groups is 1. The van der Waals surface area contributed by atoms with Crippen LogP contribution in [0.25, 0.3) is 0 Å². The molecule has 0 saturated carbocycles.